The number of rotatable bonds is 6. The van der Waals surface area contributed by atoms with E-state index in [-0.39, 0.29) is 16.7 Å². The number of carbonyl (C=O) groups excluding carboxylic acids is 1. The average molecular weight is 409 g/mol. The number of hydrogen-bond donors (Lipinski definition) is 0. The van der Waals surface area contributed by atoms with Crippen molar-refractivity contribution in [2.75, 3.05) is 13.6 Å². The van der Waals surface area contributed by atoms with Gasteiger partial charge in [0.05, 0.1) is 12.7 Å². The maximum atomic E-state index is 13.0. The highest BCUT2D eigenvalue weighted by Gasteiger charge is 2.62. The second-order valence-electron chi connectivity index (χ2n) is 8.60. The van der Waals surface area contributed by atoms with Crippen LogP contribution in [0.25, 0.3) is 0 Å². The number of amides is 1. The quantitative estimate of drug-likeness (QED) is 0.606. The molecule has 4 rings (SSSR count). The third kappa shape index (κ3) is 3.79. The number of aromatic nitrogens is 3. The van der Waals surface area contributed by atoms with Gasteiger partial charge in [-0.05, 0) is 35.1 Å². The largest absolute Gasteiger partial charge is 0.339 e. The minimum atomic E-state index is -0.106. The van der Waals surface area contributed by atoms with E-state index in [0.29, 0.717) is 23.8 Å². The topological polar surface area (TPSA) is 51.0 Å². The Morgan fingerprint density at radius 3 is 2.41 bits per heavy atom. The number of benzene rings is 2. The molecule has 2 aromatic carbocycles. The van der Waals surface area contributed by atoms with Crippen molar-refractivity contribution >= 4 is 17.5 Å². The molecular weight excluding hydrogens is 384 g/mol. The lowest BCUT2D eigenvalue weighted by molar-refractivity contribution is 0.0769. The first-order valence-electron chi connectivity index (χ1n) is 9.76. The molecule has 5 nitrogen and oxygen atoms in total. The smallest absolute Gasteiger partial charge is 0.275 e. The predicted molar refractivity (Wildman–Crippen MR) is 114 cm³/mol. The molecule has 3 aromatic rings. The number of nitrogens with zero attached hydrogens (tertiary/aromatic N) is 4. The Labute approximate surface area is 176 Å². The summed E-state index contributed by atoms with van der Waals surface area (Å²) in [6.45, 7) is 5.73. The molecule has 150 valence electrons. The molecule has 0 aliphatic heterocycles. The van der Waals surface area contributed by atoms with Gasteiger partial charge in [-0.2, -0.15) is 0 Å². The summed E-state index contributed by atoms with van der Waals surface area (Å²) in [5.74, 6) is -0.106. The van der Waals surface area contributed by atoms with Gasteiger partial charge in [0.2, 0.25) is 0 Å². The fourth-order valence-electron chi connectivity index (χ4n) is 4.24. The van der Waals surface area contributed by atoms with Crippen molar-refractivity contribution in [1.29, 1.82) is 0 Å². The van der Waals surface area contributed by atoms with Crippen molar-refractivity contribution < 1.29 is 4.79 Å². The van der Waals surface area contributed by atoms with E-state index in [1.165, 1.54) is 5.56 Å². The van der Waals surface area contributed by atoms with Crippen molar-refractivity contribution in [3.63, 3.8) is 0 Å². The molecule has 1 aromatic heterocycles. The summed E-state index contributed by atoms with van der Waals surface area (Å²) in [6.07, 6.45) is 2.77. The van der Waals surface area contributed by atoms with Crippen molar-refractivity contribution in [2.45, 2.75) is 32.2 Å². The second-order valence-corrected chi connectivity index (χ2v) is 9.03. The fourth-order valence-corrected chi connectivity index (χ4v) is 4.37. The van der Waals surface area contributed by atoms with E-state index in [9.17, 15) is 4.79 Å². The zero-order valence-corrected chi connectivity index (χ0v) is 17.7. The highest BCUT2D eigenvalue weighted by atomic mass is 35.5. The lowest BCUT2D eigenvalue weighted by Crippen LogP contribution is -2.36. The molecule has 1 aliphatic carbocycles. The van der Waals surface area contributed by atoms with E-state index in [1.54, 1.807) is 15.8 Å². The maximum Gasteiger partial charge on any atom is 0.275 e. The van der Waals surface area contributed by atoms with E-state index in [1.807, 2.05) is 37.4 Å². The molecule has 1 atom stereocenters. The summed E-state index contributed by atoms with van der Waals surface area (Å²) < 4.78 is 1.68. The van der Waals surface area contributed by atoms with Crippen LogP contribution in [-0.2, 0) is 12.0 Å². The molecule has 1 aliphatic rings. The molecule has 1 saturated carbocycles. The van der Waals surface area contributed by atoms with Gasteiger partial charge in [0.1, 0.15) is 0 Å². The first-order chi connectivity index (χ1) is 13.8. The van der Waals surface area contributed by atoms with Crippen LogP contribution in [0.5, 0.6) is 0 Å². The number of likely N-dealkylation sites (N-methyl/N-ethyl adjacent to an activating group) is 1. The Hall–Kier alpha value is -2.66. The SMILES string of the molecule is CN(CC1(c2ccccc2)CC1(C)C)C(=O)c1cn(Cc2ccc(Cl)cc2)nn1. The monoisotopic (exact) mass is 408 g/mol. The second kappa shape index (κ2) is 7.30. The lowest BCUT2D eigenvalue weighted by atomic mass is 9.87. The number of hydrogen-bond acceptors (Lipinski definition) is 3. The molecule has 6 heteroatoms. The molecule has 0 radical (unpaired) electrons. The maximum absolute atomic E-state index is 13.0. The predicted octanol–water partition coefficient (Wildman–Crippen LogP) is 4.42. The first kappa shape index (κ1) is 19.6. The third-order valence-electron chi connectivity index (χ3n) is 6.11. The zero-order valence-electron chi connectivity index (χ0n) is 17.0. The van der Waals surface area contributed by atoms with Crippen molar-refractivity contribution in [3.8, 4) is 0 Å². The van der Waals surface area contributed by atoms with Crippen molar-refractivity contribution in [1.82, 2.24) is 19.9 Å². The Morgan fingerprint density at radius 2 is 1.79 bits per heavy atom. The molecule has 29 heavy (non-hydrogen) atoms. The van der Waals surface area contributed by atoms with Crippen LogP contribution in [0.15, 0.2) is 60.8 Å². The molecule has 0 N–H and O–H groups in total. The van der Waals surface area contributed by atoms with Gasteiger partial charge in [-0.15, -0.1) is 5.10 Å². The summed E-state index contributed by atoms with van der Waals surface area (Å²) in [6, 6.07) is 18.0. The van der Waals surface area contributed by atoms with E-state index in [0.717, 1.165) is 12.0 Å². The van der Waals surface area contributed by atoms with Gasteiger partial charge < -0.3 is 4.90 Å². The molecule has 1 unspecified atom stereocenters. The molecular formula is C23H25ClN4O. The highest BCUT2D eigenvalue weighted by Crippen LogP contribution is 2.64. The number of carbonyl (C=O) groups is 1. The van der Waals surface area contributed by atoms with Crippen LogP contribution in [0.2, 0.25) is 5.02 Å². The first-order valence-corrected chi connectivity index (χ1v) is 10.1. The summed E-state index contributed by atoms with van der Waals surface area (Å²) in [4.78, 5) is 14.8. The van der Waals surface area contributed by atoms with Gasteiger partial charge in [0.15, 0.2) is 5.69 Å². The van der Waals surface area contributed by atoms with Gasteiger partial charge in [0, 0.05) is 24.0 Å². The fraction of sp³-hybridized carbons (Fsp3) is 0.348. The molecule has 0 saturated heterocycles. The summed E-state index contributed by atoms with van der Waals surface area (Å²) in [5.41, 5.74) is 2.85. The van der Waals surface area contributed by atoms with Crippen LogP contribution in [0.1, 0.15) is 41.9 Å². The molecule has 0 spiro atoms. The normalized spacial score (nSPS) is 19.7. The van der Waals surface area contributed by atoms with Crippen LogP contribution in [-0.4, -0.2) is 39.4 Å². The average Bonchev–Trinajstić information content (AvgIpc) is 3.03. The summed E-state index contributed by atoms with van der Waals surface area (Å²) >= 11 is 5.93. The Bertz CT molecular complexity index is 1010. The van der Waals surface area contributed by atoms with Crippen LogP contribution >= 0.6 is 11.6 Å². The Balaban J connectivity index is 1.47. The molecule has 1 amide bonds. The summed E-state index contributed by atoms with van der Waals surface area (Å²) in [5, 5.41) is 8.92. The molecule has 1 fully saturated rings. The van der Waals surface area contributed by atoms with Gasteiger partial charge in [0.25, 0.3) is 5.91 Å². The van der Waals surface area contributed by atoms with Gasteiger partial charge in [-0.25, -0.2) is 4.68 Å². The standard InChI is InChI=1S/C23H25ClN4O/c1-22(2)15-23(22,18-7-5-4-6-8-18)16-27(3)21(29)20-14-28(26-25-20)13-17-9-11-19(24)12-10-17/h4-12,14H,13,15-16H2,1-3H3. The van der Waals surface area contributed by atoms with E-state index in [2.05, 4.69) is 48.4 Å². The zero-order chi connectivity index (χ0) is 20.6. The lowest BCUT2D eigenvalue weighted by Gasteiger charge is -2.27. The van der Waals surface area contributed by atoms with E-state index >= 15 is 0 Å². The minimum absolute atomic E-state index is 0.0159. The van der Waals surface area contributed by atoms with Gasteiger partial charge >= 0.3 is 0 Å². The van der Waals surface area contributed by atoms with Gasteiger partial charge in [-0.3, -0.25) is 4.79 Å². The van der Waals surface area contributed by atoms with Crippen molar-refractivity contribution in [3.05, 3.63) is 82.6 Å². The van der Waals surface area contributed by atoms with Gasteiger partial charge in [-0.1, -0.05) is 73.1 Å². The Kier molecular flexibility index (Phi) is 4.95. The van der Waals surface area contributed by atoms with E-state index < -0.39 is 0 Å². The van der Waals surface area contributed by atoms with Crippen molar-refractivity contribution in [2.24, 2.45) is 5.41 Å². The molecule has 0 bridgehead atoms. The summed E-state index contributed by atoms with van der Waals surface area (Å²) in [7, 11) is 1.85. The molecule has 1 heterocycles. The Morgan fingerprint density at radius 1 is 1.14 bits per heavy atom. The van der Waals surface area contributed by atoms with Crippen LogP contribution in [0.3, 0.4) is 0 Å². The highest BCUT2D eigenvalue weighted by molar-refractivity contribution is 6.30. The van der Waals surface area contributed by atoms with Crippen LogP contribution in [0.4, 0.5) is 0 Å². The number of halogens is 1. The van der Waals surface area contributed by atoms with E-state index in [4.69, 9.17) is 11.6 Å². The minimum Gasteiger partial charge on any atom is -0.339 e. The van der Waals surface area contributed by atoms with Crippen LogP contribution < -0.4 is 0 Å². The van der Waals surface area contributed by atoms with Crippen LogP contribution in [0, 0.1) is 5.41 Å². The third-order valence-corrected chi connectivity index (χ3v) is 6.36.